The Balaban J connectivity index is 2.21. The zero-order chi connectivity index (χ0) is 14.7. The first-order valence-electron chi connectivity index (χ1n) is 6.47. The van der Waals surface area contributed by atoms with E-state index >= 15 is 0 Å². The number of piperazine rings is 1. The van der Waals surface area contributed by atoms with Crippen molar-refractivity contribution in [3.05, 3.63) is 16.1 Å². The molecule has 1 fully saturated rings. The summed E-state index contributed by atoms with van der Waals surface area (Å²) in [4.78, 5) is 30.3. The highest BCUT2D eigenvalue weighted by Gasteiger charge is 2.34. The summed E-state index contributed by atoms with van der Waals surface area (Å²) in [5.74, 6) is -0.0110. The molecule has 0 aliphatic carbocycles. The van der Waals surface area contributed by atoms with Gasteiger partial charge in [0, 0.05) is 13.1 Å². The van der Waals surface area contributed by atoms with Gasteiger partial charge >= 0.3 is 0 Å². The first-order chi connectivity index (χ1) is 9.52. The molecule has 0 unspecified atom stereocenters. The van der Waals surface area contributed by atoms with Crippen LogP contribution < -0.4 is 5.32 Å². The molecule has 1 aromatic heterocycles. The van der Waals surface area contributed by atoms with Crippen molar-refractivity contribution in [3.8, 4) is 6.07 Å². The maximum absolute atomic E-state index is 12.5. The van der Waals surface area contributed by atoms with Crippen LogP contribution in [0.1, 0.15) is 34.9 Å². The van der Waals surface area contributed by atoms with Gasteiger partial charge in [0.2, 0.25) is 5.91 Å². The lowest BCUT2D eigenvalue weighted by Gasteiger charge is -2.35. The van der Waals surface area contributed by atoms with Crippen molar-refractivity contribution in [1.82, 2.24) is 15.2 Å². The predicted octanol–water partition coefficient (Wildman–Crippen LogP) is 1.00. The first-order valence-corrected chi connectivity index (χ1v) is 7.29. The third-order valence-corrected chi connectivity index (χ3v) is 3.99. The largest absolute Gasteiger partial charge is 0.353 e. The molecule has 1 aliphatic rings. The molecule has 1 atom stereocenters. The summed E-state index contributed by atoms with van der Waals surface area (Å²) in [7, 11) is 0. The molecule has 1 aromatic rings. The number of aromatic nitrogens is 1. The Morgan fingerprint density at radius 2 is 2.45 bits per heavy atom. The van der Waals surface area contributed by atoms with Gasteiger partial charge in [0.15, 0.2) is 5.01 Å². The van der Waals surface area contributed by atoms with Gasteiger partial charge in [-0.1, -0.05) is 25.2 Å². The number of carbonyl (C=O) groups is 2. The maximum Gasteiger partial charge on any atom is 0.266 e. The predicted molar refractivity (Wildman–Crippen MR) is 74.1 cm³/mol. The highest BCUT2D eigenvalue weighted by Crippen LogP contribution is 2.20. The molecule has 1 saturated heterocycles. The summed E-state index contributed by atoms with van der Waals surface area (Å²) < 4.78 is 0. The highest BCUT2D eigenvalue weighted by atomic mass is 32.1. The molecule has 2 amide bonds. The molecule has 0 saturated carbocycles. The molecule has 2 heterocycles. The highest BCUT2D eigenvalue weighted by molar-refractivity contribution is 7.14. The number of nitrogens with zero attached hydrogens (tertiary/aromatic N) is 3. The minimum absolute atomic E-state index is 0.108. The van der Waals surface area contributed by atoms with E-state index in [9.17, 15) is 9.59 Å². The molecular weight excluding hydrogens is 276 g/mol. The summed E-state index contributed by atoms with van der Waals surface area (Å²) in [6.07, 6.45) is 2.03. The smallest absolute Gasteiger partial charge is 0.266 e. The minimum Gasteiger partial charge on any atom is -0.353 e. The van der Waals surface area contributed by atoms with Crippen molar-refractivity contribution in [1.29, 1.82) is 5.26 Å². The van der Waals surface area contributed by atoms with Crippen molar-refractivity contribution in [2.75, 3.05) is 13.1 Å². The van der Waals surface area contributed by atoms with E-state index < -0.39 is 6.04 Å². The molecule has 0 aromatic carbocycles. The maximum atomic E-state index is 12.5. The fraction of sp³-hybridized carbons (Fsp3) is 0.538. The van der Waals surface area contributed by atoms with Gasteiger partial charge in [-0.05, 0) is 12.3 Å². The monoisotopic (exact) mass is 292 g/mol. The lowest BCUT2D eigenvalue weighted by atomic mass is 10.00. The molecule has 0 radical (unpaired) electrons. The zero-order valence-electron chi connectivity index (χ0n) is 11.4. The molecule has 7 heteroatoms. The van der Waals surface area contributed by atoms with Gasteiger partial charge in [0.1, 0.15) is 17.0 Å². The van der Waals surface area contributed by atoms with Gasteiger partial charge in [-0.2, -0.15) is 5.26 Å². The Labute approximate surface area is 121 Å². The standard InChI is InChI=1S/C13H16N4O2S/c1-8(2)5-9-12(18)15-3-4-17(9)13(19)10-7-16-11(6-14)20-10/h7-9H,3-5H2,1-2H3,(H,15,18)/t9-/m1/s1. The van der Waals surface area contributed by atoms with Crippen molar-refractivity contribution >= 4 is 23.2 Å². The van der Waals surface area contributed by atoms with E-state index in [1.807, 2.05) is 19.9 Å². The van der Waals surface area contributed by atoms with Crippen LogP contribution in [0.2, 0.25) is 0 Å². The number of hydrogen-bond acceptors (Lipinski definition) is 5. The van der Waals surface area contributed by atoms with Gasteiger partial charge in [-0.25, -0.2) is 4.98 Å². The van der Waals surface area contributed by atoms with E-state index in [-0.39, 0.29) is 16.8 Å². The van der Waals surface area contributed by atoms with Gasteiger partial charge < -0.3 is 10.2 Å². The molecule has 2 rings (SSSR count). The van der Waals surface area contributed by atoms with Crippen molar-refractivity contribution < 1.29 is 9.59 Å². The number of amides is 2. The number of nitriles is 1. The van der Waals surface area contributed by atoms with Crippen LogP contribution in [0.25, 0.3) is 0 Å². The number of thiazole rings is 1. The summed E-state index contributed by atoms with van der Waals surface area (Å²) in [5.41, 5.74) is 0. The van der Waals surface area contributed by atoms with Crippen LogP contribution in [-0.4, -0.2) is 40.8 Å². The van der Waals surface area contributed by atoms with Gasteiger partial charge in [-0.15, -0.1) is 0 Å². The van der Waals surface area contributed by atoms with E-state index in [0.717, 1.165) is 11.3 Å². The van der Waals surface area contributed by atoms with E-state index in [1.54, 1.807) is 4.90 Å². The minimum atomic E-state index is -0.441. The molecule has 1 N–H and O–H groups in total. The van der Waals surface area contributed by atoms with Crippen LogP contribution in [0.5, 0.6) is 0 Å². The Morgan fingerprint density at radius 1 is 1.70 bits per heavy atom. The number of carbonyl (C=O) groups excluding carboxylic acids is 2. The van der Waals surface area contributed by atoms with Gasteiger partial charge in [0.05, 0.1) is 6.20 Å². The summed E-state index contributed by atoms with van der Waals surface area (Å²) in [6, 6.07) is 1.47. The Morgan fingerprint density at radius 3 is 3.05 bits per heavy atom. The molecule has 1 aliphatic heterocycles. The van der Waals surface area contributed by atoms with Crippen molar-refractivity contribution in [3.63, 3.8) is 0 Å². The third kappa shape index (κ3) is 2.96. The average molecular weight is 292 g/mol. The fourth-order valence-corrected chi connectivity index (χ4v) is 2.87. The second-order valence-corrected chi connectivity index (χ2v) is 6.11. The number of rotatable bonds is 3. The topological polar surface area (TPSA) is 86.1 Å². The summed E-state index contributed by atoms with van der Waals surface area (Å²) >= 11 is 1.06. The molecule has 20 heavy (non-hydrogen) atoms. The van der Waals surface area contributed by atoms with Crippen LogP contribution in [-0.2, 0) is 4.79 Å². The SMILES string of the molecule is CC(C)C[C@@H]1C(=O)NCCN1C(=O)c1cnc(C#N)s1. The zero-order valence-corrected chi connectivity index (χ0v) is 12.2. The van der Waals surface area contributed by atoms with Crippen molar-refractivity contribution in [2.45, 2.75) is 26.3 Å². The van der Waals surface area contributed by atoms with Crippen LogP contribution in [0.4, 0.5) is 0 Å². The van der Waals surface area contributed by atoms with E-state index in [4.69, 9.17) is 5.26 Å². The summed E-state index contributed by atoms with van der Waals surface area (Å²) in [5, 5.41) is 11.8. The van der Waals surface area contributed by atoms with E-state index in [2.05, 4.69) is 10.3 Å². The Bertz CT molecular complexity index is 561. The molecule has 6 nitrogen and oxygen atoms in total. The quantitative estimate of drug-likeness (QED) is 0.900. The van der Waals surface area contributed by atoms with Crippen LogP contribution in [0.15, 0.2) is 6.20 Å². The molecule has 0 spiro atoms. The number of nitrogens with one attached hydrogen (secondary N) is 1. The normalized spacial score (nSPS) is 18.8. The van der Waals surface area contributed by atoms with Crippen LogP contribution in [0.3, 0.4) is 0 Å². The Kier molecular flexibility index (Phi) is 4.35. The van der Waals surface area contributed by atoms with E-state index in [1.165, 1.54) is 6.20 Å². The van der Waals surface area contributed by atoms with Crippen molar-refractivity contribution in [2.24, 2.45) is 5.92 Å². The second kappa shape index (κ2) is 6.01. The molecule has 0 bridgehead atoms. The average Bonchev–Trinajstić information content (AvgIpc) is 2.88. The lowest BCUT2D eigenvalue weighted by Crippen LogP contribution is -2.57. The fourth-order valence-electron chi connectivity index (χ4n) is 2.20. The summed E-state index contributed by atoms with van der Waals surface area (Å²) in [6.45, 7) is 4.99. The van der Waals surface area contributed by atoms with E-state index in [0.29, 0.717) is 30.3 Å². The molecular formula is C13H16N4O2S. The van der Waals surface area contributed by atoms with Gasteiger partial charge in [0.25, 0.3) is 5.91 Å². The molecule has 106 valence electrons. The lowest BCUT2D eigenvalue weighted by molar-refractivity contribution is -0.128. The second-order valence-electron chi connectivity index (χ2n) is 5.08. The third-order valence-electron chi connectivity index (χ3n) is 3.10. The first kappa shape index (κ1) is 14.5. The van der Waals surface area contributed by atoms with Crippen LogP contribution >= 0.6 is 11.3 Å². The number of hydrogen-bond donors (Lipinski definition) is 1. The Hall–Kier alpha value is -1.94. The van der Waals surface area contributed by atoms with Gasteiger partial charge in [-0.3, -0.25) is 9.59 Å². The van der Waals surface area contributed by atoms with Crippen LogP contribution in [0, 0.1) is 17.2 Å².